The lowest BCUT2D eigenvalue weighted by Crippen LogP contribution is -2.46. The standard InChI is InChI=1S/C24H29FN2O4/c1-3-4-15-31-21-10-7-18(16-22(21)30-2)24(29)27-13-11-20(12-14-27)26-23(28)17-5-8-19(25)9-6-17/h5-10,16,20H,3-4,11-15H2,1-2H3,(H,26,28). The quantitative estimate of drug-likeness (QED) is 0.644. The molecule has 0 spiro atoms. The SMILES string of the molecule is CCCCOc1ccc(C(=O)N2CCC(NC(=O)c3ccc(F)cc3)CC2)cc1OC. The first-order chi connectivity index (χ1) is 15.0. The highest BCUT2D eigenvalue weighted by Crippen LogP contribution is 2.29. The van der Waals surface area contributed by atoms with Gasteiger partial charge in [-0.15, -0.1) is 0 Å². The molecule has 2 aromatic carbocycles. The molecule has 7 heteroatoms. The van der Waals surface area contributed by atoms with E-state index in [4.69, 9.17) is 9.47 Å². The summed E-state index contributed by atoms with van der Waals surface area (Å²) in [6, 6.07) is 10.7. The number of hydrogen-bond acceptors (Lipinski definition) is 4. The van der Waals surface area contributed by atoms with Gasteiger partial charge in [-0.2, -0.15) is 0 Å². The monoisotopic (exact) mass is 428 g/mol. The van der Waals surface area contributed by atoms with Crippen LogP contribution in [-0.2, 0) is 0 Å². The molecule has 1 fully saturated rings. The number of benzene rings is 2. The average molecular weight is 429 g/mol. The van der Waals surface area contributed by atoms with Crippen molar-refractivity contribution in [1.29, 1.82) is 0 Å². The Kier molecular flexibility index (Phi) is 7.87. The molecule has 1 aliphatic heterocycles. The summed E-state index contributed by atoms with van der Waals surface area (Å²) in [5.41, 5.74) is 0.974. The first-order valence-corrected chi connectivity index (χ1v) is 10.7. The fourth-order valence-electron chi connectivity index (χ4n) is 3.53. The van der Waals surface area contributed by atoms with Crippen molar-refractivity contribution in [2.45, 2.75) is 38.6 Å². The van der Waals surface area contributed by atoms with Crippen LogP contribution in [0.25, 0.3) is 0 Å². The molecule has 2 amide bonds. The summed E-state index contributed by atoms with van der Waals surface area (Å²) >= 11 is 0. The minimum absolute atomic E-state index is 0.0227. The maximum atomic E-state index is 13.0. The number of hydrogen-bond donors (Lipinski definition) is 1. The molecule has 1 saturated heterocycles. The lowest BCUT2D eigenvalue weighted by molar-refractivity contribution is 0.0697. The molecule has 0 saturated carbocycles. The van der Waals surface area contributed by atoms with Crippen LogP contribution in [0.1, 0.15) is 53.3 Å². The molecule has 166 valence electrons. The van der Waals surface area contributed by atoms with Crippen LogP contribution in [0, 0.1) is 5.82 Å². The van der Waals surface area contributed by atoms with Gasteiger partial charge in [0.25, 0.3) is 11.8 Å². The fraction of sp³-hybridized carbons (Fsp3) is 0.417. The van der Waals surface area contributed by atoms with Gasteiger partial charge in [-0.25, -0.2) is 4.39 Å². The molecule has 3 rings (SSSR count). The van der Waals surface area contributed by atoms with Crippen molar-refractivity contribution in [3.8, 4) is 11.5 Å². The molecule has 1 N–H and O–H groups in total. The molecule has 0 bridgehead atoms. The Labute approximate surface area is 182 Å². The van der Waals surface area contributed by atoms with Gasteiger partial charge in [0.1, 0.15) is 5.82 Å². The Hall–Kier alpha value is -3.09. The first kappa shape index (κ1) is 22.6. The predicted octanol–water partition coefficient (Wildman–Crippen LogP) is 4.05. The summed E-state index contributed by atoms with van der Waals surface area (Å²) < 4.78 is 24.2. The van der Waals surface area contributed by atoms with Gasteiger partial charge >= 0.3 is 0 Å². The van der Waals surface area contributed by atoms with Gasteiger partial charge in [0.2, 0.25) is 0 Å². The molecular weight excluding hydrogens is 399 g/mol. The van der Waals surface area contributed by atoms with Gasteiger partial charge in [0.15, 0.2) is 11.5 Å². The van der Waals surface area contributed by atoms with Crippen molar-refractivity contribution in [3.63, 3.8) is 0 Å². The second-order valence-corrected chi connectivity index (χ2v) is 7.61. The van der Waals surface area contributed by atoms with E-state index in [2.05, 4.69) is 12.2 Å². The van der Waals surface area contributed by atoms with Gasteiger partial charge in [-0.1, -0.05) is 13.3 Å². The van der Waals surface area contributed by atoms with E-state index >= 15 is 0 Å². The van der Waals surface area contributed by atoms with E-state index in [0.717, 1.165) is 12.8 Å². The van der Waals surface area contributed by atoms with Crippen LogP contribution in [0.2, 0.25) is 0 Å². The number of amides is 2. The number of methoxy groups -OCH3 is 1. The largest absolute Gasteiger partial charge is 0.493 e. The summed E-state index contributed by atoms with van der Waals surface area (Å²) in [4.78, 5) is 27.0. The Morgan fingerprint density at radius 3 is 2.39 bits per heavy atom. The van der Waals surface area contributed by atoms with E-state index in [1.54, 1.807) is 30.2 Å². The number of nitrogens with one attached hydrogen (secondary N) is 1. The van der Waals surface area contributed by atoms with Gasteiger partial charge in [0, 0.05) is 30.3 Å². The Morgan fingerprint density at radius 2 is 1.74 bits per heavy atom. The number of unbranched alkanes of at least 4 members (excludes halogenated alkanes) is 1. The van der Waals surface area contributed by atoms with Crippen molar-refractivity contribution in [3.05, 3.63) is 59.4 Å². The third kappa shape index (κ3) is 5.96. The Balaban J connectivity index is 1.54. The number of halogens is 1. The van der Waals surface area contributed by atoms with E-state index in [1.165, 1.54) is 24.3 Å². The van der Waals surface area contributed by atoms with Crippen LogP contribution >= 0.6 is 0 Å². The zero-order chi connectivity index (χ0) is 22.2. The van der Waals surface area contributed by atoms with Crippen LogP contribution in [0.5, 0.6) is 11.5 Å². The van der Waals surface area contributed by atoms with Crippen LogP contribution in [0.15, 0.2) is 42.5 Å². The van der Waals surface area contributed by atoms with Crippen LogP contribution < -0.4 is 14.8 Å². The number of carbonyl (C=O) groups is 2. The summed E-state index contributed by atoms with van der Waals surface area (Å²) in [7, 11) is 1.56. The van der Waals surface area contributed by atoms with Crippen molar-refractivity contribution in [1.82, 2.24) is 10.2 Å². The Morgan fingerprint density at radius 1 is 1.06 bits per heavy atom. The number of likely N-dealkylation sites (tertiary alicyclic amines) is 1. The molecule has 6 nitrogen and oxygen atoms in total. The van der Waals surface area contributed by atoms with E-state index < -0.39 is 0 Å². The molecule has 1 aliphatic rings. The fourth-order valence-corrected chi connectivity index (χ4v) is 3.53. The maximum absolute atomic E-state index is 13.0. The summed E-state index contributed by atoms with van der Waals surface area (Å²) in [5.74, 6) is 0.508. The van der Waals surface area contributed by atoms with Crippen molar-refractivity contribution in [2.24, 2.45) is 0 Å². The number of ether oxygens (including phenoxy) is 2. The summed E-state index contributed by atoms with van der Waals surface area (Å²) in [6.07, 6.45) is 3.32. The molecule has 0 radical (unpaired) electrons. The minimum Gasteiger partial charge on any atom is -0.493 e. The molecular formula is C24H29FN2O4. The molecule has 0 aliphatic carbocycles. The number of rotatable bonds is 8. The van der Waals surface area contributed by atoms with Gasteiger partial charge in [-0.05, 0) is 61.7 Å². The molecule has 0 atom stereocenters. The van der Waals surface area contributed by atoms with Crippen LogP contribution in [-0.4, -0.2) is 49.6 Å². The third-order valence-electron chi connectivity index (χ3n) is 5.39. The second-order valence-electron chi connectivity index (χ2n) is 7.61. The molecule has 2 aromatic rings. The molecule has 0 aromatic heterocycles. The molecule has 0 unspecified atom stereocenters. The minimum atomic E-state index is -0.374. The molecule has 31 heavy (non-hydrogen) atoms. The highest BCUT2D eigenvalue weighted by Gasteiger charge is 2.25. The third-order valence-corrected chi connectivity index (χ3v) is 5.39. The van der Waals surface area contributed by atoms with Crippen molar-refractivity contribution < 1.29 is 23.5 Å². The van der Waals surface area contributed by atoms with Crippen LogP contribution in [0.4, 0.5) is 4.39 Å². The number of nitrogens with zero attached hydrogens (tertiary/aromatic N) is 1. The normalized spacial score (nSPS) is 14.2. The lowest BCUT2D eigenvalue weighted by atomic mass is 10.0. The van der Waals surface area contributed by atoms with Gasteiger partial charge in [0.05, 0.1) is 13.7 Å². The number of carbonyl (C=O) groups excluding carboxylic acids is 2. The first-order valence-electron chi connectivity index (χ1n) is 10.7. The van der Waals surface area contributed by atoms with Crippen molar-refractivity contribution >= 4 is 11.8 Å². The highest BCUT2D eigenvalue weighted by atomic mass is 19.1. The second kappa shape index (κ2) is 10.8. The van der Waals surface area contributed by atoms with Crippen molar-refractivity contribution in [2.75, 3.05) is 26.8 Å². The van der Waals surface area contributed by atoms with E-state index in [-0.39, 0.29) is 23.7 Å². The molecule has 1 heterocycles. The summed E-state index contributed by atoms with van der Waals surface area (Å²) in [5, 5.41) is 2.97. The smallest absolute Gasteiger partial charge is 0.253 e. The lowest BCUT2D eigenvalue weighted by Gasteiger charge is -2.32. The summed E-state index contributed by atoms with van der Waals surface area (Å²) in [6.45, 7) is 3.80. The highest BCUT2D eigenvalue weighted by molar-refractivity contribution is 5.95. The van der Waals surface area contributed by atoms with E-state index in [0.29, 0.717) is 55.2 Å². The topological polar surface area (TPSA) is 67.9 Å². The Bertz CT molecular complexity index is 893. The van der Waals surface area contributed by atoms with Gasteiger partial charge < -0.3 is 19.7 Å². The average Bonchev–Trinajstić information content (AvgIpc) is 2.80. The maximum Gasteiger partial charge on any atom is 0.253 e. The van der Waals surface area contributed by atoms with Gasteiger partial charge in [-0.3, -0.25) is 9.59 Å². The predicted molar refractivity (Wildman–Crippen MR) is 116 cm³/mol. The van der Waals surface area contributed by atoms with E-state index in [1.807, 2.05) is 0 Å². The van der Waals surface area contributed by atoms with E-state index in [9.17, 15) is 14.0 Å². The van der Waals surface area contributed by atoms with Crippen LogP contribution in [0.3, 0.4) is 0 Å². The number of piperidine rings is 1. The zero-order valence-corrected chi connectivity index (χ0v) is 18.0. The zero-order valence-electron chi connectivity index (χ0n) is 18.0.